The lowest BCUT2D eigenvalue weighted by molar-refractivity contribution is -0.141. The Hall–Kier alpha value is -1.95. The molecular formula is C22H32FN3O2. The summed E-state index contributed by atoms with van der Waals surface area (Å²) in [6, 6.07) is 6.35. The molecule has 1 unspecified atom stereocenters. The van der Waals surface area contributed by atoms with Crippen molar-refractivity contribution >= 4 is 11.8 Å². The molecule has 6 heteroatoms. The summed E-state index contributed by atoms with van der Waals surface area (Å²) < 4.78 is 13.3. The molecule has 3 rings (SSSR count). The SMILES string of the molecule is CCN(CC)CCC(=O)N1CCN(C(=O)C(c2ccc(F)cc2)C2CC2)CC1. The van der Waals surface area contributed by atoms with Gasteiger partial charge in [-0.1, -0.05) is 26.0 Å². The van der Waals surface area contributed by atoms with Crippen molar-refractivity contribution in [2.75, 3.05) is 45.8 Å². The lowest BCUT2D eigenvalue weighted by Gasteiger charge is -2.37. The molecule has 1 heterocycles. The van der Waals surface area contributed by atoms with E-state index >= 15 is 0 Å². The van der Waals surface area contributed by atoms with Crippen LogP contribution < -0.4 is 0 Å². The van der Waals surface area contributed by atoms with Gasteiger partial charge in [0.05, 0.1) is 5.92 Å². The van der Waals surface area contributed by atoms with Gasteiger partial charge in [0.25, 0.3) is 0 Å². The number of rotatable bonds is 8. The van der Waals surface area contributed by atoms with E-state index in [0.717, 1.165) is 38.0 Å². The van der Waals surface area contributed by atoms with Crippen molar-refractivity contribution in [2.24, 2.45) is 5.92 Å². The van der Waals surface area contributed by atoms with Gasteiger partial charge >= 0.3 is 0 Å². The van der Waals surface area contributed by atoms with Gasteiger partial charge < -0.3 is 14.7 Å². The zero-order valence-corrected chi connectivity index (χ0v) is 17.1. The van der Waals surface area contributed by atoms with Crippen LogP contribution in [0.1, 0.15) is 44.6 Å². The van der Waals surface area contributed by atoms with Gasteiger partial charge in [0.15, 0.2) is 0 Å². The first-order valence-corrected chi connectivity index (χ1v) is 10.6. The van der Waals surface area contributed by atoms with Gasteiger partial charge in [-0.05, 0) is 49.5 Å². The van der Waals surface area contributed by atoms with E-state index < -0.39 is 0 Å². The third-order valence-electron chi connectivity index (χ3n) is 6.07. The molecule has 1 aliphatic carbocycles. The molecule has 1 saturated heterocycles. The Bertz CT molecular complexity index is 663. The zero-order valence-electron chi connectivity index (χ0n) is 17.1. The van der Waals surface area contributed by atoms with Crippen LogP contribution in [0.4, 0.5) is 4.39 Å². The van der Waals surface area contributed by atoms with Crippen LogP contribution in [-0.2, 0) is 9.59 Å². The second-order valence-electron chi connectivity index (χ2n) is 7.85. The molecule has 0 N–H and O–H groups in total. The highest BCUT2D eigenvalue weighted by molar-refractivity contribution is 5.85. The van der Waals surface area contributed by atoms with E-state index in [0.29, 0.717) is 38.5 Å². The van der Waals surface area contributed by atoms with Crippen LogP contribution in [0.3, 0.4) is 0 Å². The third kappa shape index (κ3) is 5.10. The van der Waals surface area contributed by atoms with E-state index in [-0.39, 0.29) is 23.5 Å². The van der Waals surface area contributed by atoms with Gasteiger partial charge in [-0.15, -0.1) is 0 Å². The molecule has 0 aromatic heterocycles. The molecular weight excluding hydrogens is 357 g/mol. The quantitative estimate of drug-likeness (QED) is 0.687. The van der Waals surface area contributed by atoms with Crippen molar-refractivity contribution in [2.45, 2.75) is 39.0 Å². The first kappa shape index (κ1) is 20.8. The lowest BCUT2D eigenvalue weighted by Crippen LogP contribution is -2.52. The number of hydrogen-bond donors (Lipinski definition) is 0. The normalized spacial score (nSPS) is 18.4. The van der Waals surface area contributed by atoms with Crippen LogP contribution >= 0.6 is 0 Å². The van der Waals surface area contributed by atoms with Crippen LogP contribution in [0.25, 0.3) is 0 Å². The fourth-order valence-electron chi connectivity index (χ4n) is 4.04. The molecule has 2 fully saturated rings. The van der Waals surface area contributed by atoms with Crippen LogP contribution in [-0.4, -0.2) is 72.3 Å². The van der Waals surface area contributed by atoms with Gasteiger partial charge in [-0.3, -0.25) is 9.59 Å². The molecule has 5 nitrogen and oxygen atoms in total. The maximum atomic E-state index is 13.3. The highest BCUT2D eigenvalue weighted by Gasteiger charge is 2.40. The van der Waals surface area contributed by atoms with Crippen molar-refractivity contribution in [1.82, 2.24) is 14.7 Å². The molecule has 2 amide bonds. The summed E-state index contributed by atoms with van der Waals surface area (Å²) in [6.45, 7) is 9.29. The summed E-state index contributed by atoms with van der Waals surface area (Å²) >= 11 is 0. The molecule has 1 aromatic carbocycles. The standard InChI is InChI=1S/C22H32FN3O2/c1-3-24(4-2)12-11-20(27)25-13-15-26(16-14-25)22(28)21(17-5-6-17)18-7-9-19(23)10-8-18/h7-10,17,21H,3-6,11-16H2,1-2H3. The molecule has 0 radical (unpaired) electrons. The number of amides is 2. The predicted molar refractivity (Wildman–Crippen MR) is 107 cm³/mol. The summed E-state index contributed by atoms with van der Waals surface area (Å²) in [6.07, 6.45) is 2.64. The Balaban J connectivity index is 1.54. The van der Waals surface area contributed by atoms with Gasteiger partial charge in [0.2, 0.25) is 11.8 Å². The van der Waals surface area contributed by atoms with Gasteiger partial charge in [0, 0.05) is 39.1 Å². The summed E-state index contributed by atoms with van der Waals surface area (Å²) in [7, 11) is 0. The average Bonchev–Trinajstić information content (AvgIpc) is 3.55. The van der Waals surface area contributed by atoms with Crippen LogP contribution in [0.15, 0.2) is 24.3 Å². The van der Waals surface area contributed by atoms with E-state index in [1.807, 2.05) is 9.80 Å². The molecule has 1 aliphatic heterocycles. The van der Waals surface area contributed by atoms with E-state index in [1.54, 1.807) is 12.1 Å². The Morgan fingerprint density at radius 2 is 1.61 bits per heavy atom. The van der Waals surface area contributed by atoms with Crippen LogP contribution in [0, 0.1) is 11.7 Å². The molecule has 28 heavy (non-hydrogen) atoms. The lowest BCUT2D eigenvalue weighted by atomic mass is 9.92. The maximum absolute atomic E-state index is 13.3. The van der Waals surface area contributed by atoms with Gasteiger partial charge in [-0.2, -0.15) is 0 Å². The van der Waals surface area contributed by atoms with Crippen molar-refractivity contribution in [3.63, 3.8) is 0 Å². The predicted octanol–water partition coefficient (Wildman–Crippen LogP) is 2.72. The van der Waals surface area contributed by atoms with Crippen molar-refractivity contribution < 1.29 is 14.0 Å². The van der Waals surface area contributed by atoms with Crippen molar-refractivity contribution in [1.29, 1.82) is 0 Å². The van der Waals surface area contributed by atoms with Crippen LogP contribution in [0.5, 0.6) is 0 Å². The highest BCUT2D eigenvalue weighted by atomic mass is 19.1. The van der Waals surface area contributed by atoms with E-state index in [2.05, 4.69) is 18.7 Å². The number of benzene rings is 1. The van der Waals surface area contributed by atoms with E-state index in [4.69, 9.17) is 0 Å². The number of hydrogen-bond acceptors (Lipinski definition) is 3. The summed E-state index contributed by atoms with van der Waals surface area (Å²) in [4.78, 5) is 31.7. The molecule has 1 saturated carbocycles. The summed E-state index contributed by atoms with van der Waals surface area (Å²) in [5.41, 5.74) is 0.909. The molecule has 0 spiro atoms. The highest BCUT2D eigenvalue weighted by Crippen LogP contribution is 2.43. The smallest absolute Gasteiger partial charge is 0.230 e. The first-order chi connectivity index (χ1) is 13.5. The second-order valence-corrected chi connectivity index (χ2v) is 7.85. The van der Waals surface area contributed by atoms with E-state index in [1.165, 1.54) is 12.1 Å². The number of carbonyl (C=O) groups excluding carboxylic acids is 2. The second kappa shape index (κ2) is 9.50. The molecule has 154 valence electrons. The fraction of sp³-hybridized carbons (Fsp3) is 0.636. The molecule has 1 atom stereocenters. The number of piperazine rings is 1. The Kier molecular flexibility index (Phi) is 7.05. The Morgan fingerprint density at radius 3 is 2.14 bits per heavy atom. The minimum atomic E-state index is -0.275. The van der Waals surface area contributed by atoms with Crippen molar-refractivity contribution in [3.8, 4) is 0 Å². The number of carbonyl (C=O) groups is 2. The Labute approximate surface area is 167 Å². The first-order valence-electron chi connectivity index (χ1n) is 10.6. The third-order valence-corrected chi connectivity index (χ3v) is 6.07. The van der Waals surface area contributed by atoms with E-state index in [9.17, 15) is 14.0 Å². The monoisotopic (exact) mass is 389 g/mol. The topological polar surface area (TPSA) is 43.9 Å². The maximum Gasteiger partial charge on any atom is 0.230 e. The Morgan fingerprint density at radius 1 is 1.04 bits per heavy atom. The van der Waals surface area contributed by atoms with Crippen molar-refractivity contribution in [3.05, 3.63) is 35.6 Å². The zero-order chi connectivity index (χ0) is 20.1. The molecule has 0 bridgehead atoms. The minimum Gasteiger partial charge on any atom is -0.339 e. The number of halogens is 1. The molecule has 1 aromatic rings. The fourth-order valence-corrected chi connectivity index (χ4v) is 4.04. The molecule has 2 aliphatic rings. The summed E-state index contributed by atoms with van der Waals surface area (Å²) in [5.74, 6) is 0.223. The average molecular weight is 390 g/mol. The van der Waals surface area contributed by atoms with Crippen LogP contribution in [0.2, 0.25) is 0 Å². The van der Waals surface area contributed by atoms with Gasteiger partial charge in [-0.25, -0.2) is 4.39 Å². The number of nitrogens with zero attached hydrogens (tertiary/aromatic N) is 3. The van der Waals surface area contributed by atoms with Gasteiger partial charge in [0.1, 0.15) is 5.82 Å². The summed E-state index contributed by atoms with van der Waals surface area (Å²) in [5, 5.41) is 0. The largest absolute Gasteiger partial charge is 0.339 e. The minimum absolute atomic E-state index is 0.129.